The van der Waals surface area contributed by atoms with E-state index in [4.69, 9.17) is 11.6 Å². The molecule has 0 atom stereocenters. The van der Waals surface area contributed by atoms with Crippen LogP contribution >= 0.6 is 23.4 Å². The molecule has 34 heavy (non-hydrogen) atoms. The zero-order chi connectivity index (χ0) is 24.2. The quantitative estimate of drug-likeness (QED) is 0.337. The van der Waals surface area contributed by atoms with Gasteiger partial charge in [0.15, 0.2) is 5.16 Å². The maximum atomic E-state index is 12.6. The Bertz CT molecular complexity index is 1430. The van der Waals surface area contributed by atoms with Crippen molar-refractivity contribution in [1.29, 1.82) is 0 Å². The average Bonchev–Trinajstić information content (AvgIpc) is 3.17. The number of benzene rings is 2. The molecule has 174 valence electrons. The third-order valence-corrected chi connectivity index (χ3v) is 6.13. The highest BCUT2D eigenvalue weighted by atomic mass is 35.5. The number of aromatic amines is 2. The zero-order valence-corrected chi connectivity index (χ0v) is 20.0. The van der Waals surface area contributed by atoms with E-state index in [1.54, 1.807) is 28.8 Å². The Kier molecular flexibility index (Phi) is 6.99. The van der Waals surface area contributed by atoms with Crippen molar-refractivity contribution in [1.82, 2.24) is 24.7 Å². The summed E-state index contributed by atoms with van der Waals surface area (Å²) in [5.74, 6) is 0.423. The van der Waals surface area contributed by atoms with E-state index in [2.05, 4.69) is 25.5 Å². The number of halogens is 1. The van der Waals surface area contributed by atoms with Gasteiger partial charge in [0, 0.05) is 34.6 Å². The molecule has 0 spiro atoms. The number of hydrogen-bond acceptors (Lipinski definition) is 6. The third kappa shape index (κ3) is 5.64. The Labute approximate surface area is 203 Å². The lowest BCUT2D eigenvalue weighted by Crippen LogP contribution is -2.23. The van der Waals surface area contributed by atoms with Crippen molar-refractivity contribution in [3.8, 4) is 5.69 Å². The van der Waals surface area contributed by atoms with Crippen LogP contribution in [0.5, 0.6) is 0 Å². The standard InChI is InChI=1S/C23H21ClN6O3S/c1-13-3-4-14(2)18(9-13)26-21(32)12-34-23-29-28-19(10-16-11-20(31)27-22(33)25-16)30(23)17-7-5-15(24)6-8-17/h3-9,11H,10,12H2,1-2H3,(H,26,32)(H2,25,27,31,33). The van der Waals surface area contributed by atoms with Crippen LogP contribution in [0.4, 0.5) is 5.69 Å². The maximum Gasteiger partial charge on any atom is 0.325 e. The molecule has 2 aromatic heterocycles. The molecule has 0 bridgehead atoms. The van der Waals surface area contributed by atoms with Crippen molar-refractivity contribution in [2.24, 2.45) is 0 Å². The van der Waals surface area contributed by atoms with Crippen LogP contribution in [0.25, 0.3) is 5.69 Å². The number of carbonyl (C=O) groups is 1. The minimum absolute atomic E-state index is 0.112. The third-order valence-electron chi connectivity index (χ3n) is 4.95. The number of nitrogens with zero attached hydrogens (tertiary/aromatic N) is 3. The molecular formula is C23H21ClN6O3S. The van der Waals surface area contributed by atoms with Crippen LogP contribution < -0.4 is 16.6 Å². The van der Waals surface area contributed by atoms with Gasteiger partial charge in [-0.1, -0.05) is 35.5 Å². The molecule has 0 saturated heterocycles. The second-order valence-corrected chi connectivity index (χ2v) is 9.03. The summed E-state index contributed by atoms with van der Waals surface area (Å²) in [6.45, 7) is 3.90. The Morgan fingerprint density at radius 2 is 1.82 bits per heavy atom. The second-order valence-electron chi connectivity index (χ2n) is 7.66. The molecule has 4 aromatic rings. The topological polar surface area (TPSA) is 126 Å². The van der Waals surface area contributed by atoms with Gasteiger partial charge in [0.05, 0.1) is 5.75 Å². The molecule has 0 fully saturated rings. The number of anilines is 1. The molecule has 2 aromatic carbocycles. The van der Waals surface area contributed by atoms with Crippen LogP contribution in [0.1, 0.15) is 22.6 Å². The van der Waals surface area contributed by atoms with Gasteiger partial charge in [0.2, 0.25) is 5.91 Å². The molecule has 9 nitrogen and oxygen atoms in total. The number of amides is 1. The number of nitrogens with one attached hydrogen (secondary N) is 3. The Morgan fingerprint density at radius 3 is 2.56 bits per heavy atom. The van der Waals surface area contributed by atoms with E-state index in [9.17, 15) is 14.4 Å². The van der Waals surface area contributed by atoms with Gasteiger partial charge in [0.25, 0.3) is 5.56 Å². The lowest BCUT2D eigenvalue weighted by Gasteiger charge is -2.11. The summed E-state index contributed by atoms with van der Waals surface area (Å²) in [4.78, 5) is 40.7. The molecule has 4 rings (SSSR count). The first-order chi connectivity index (χ1) is 16.3. The Hall–Kier alpha value is -3.63. The fraction of sp³-hybridized carbons (Fsp3) is 0.174. The fourth-order valence-corrected chi connectivity index (χ4v) is 4.23. The molecule has 0 aliphatic heterocycles. The van der Waals surface area contributed by atoms with Crippen molar-refractivity contribution >= 4 is 35.0 Å². The first-order valence-electron chi connectivity index (χ1n) is 10.3. The zero-order valence-electron chi connectivity index (χ0n) is 18.4. The first-order valence-corrected chi connectivity index (χ1v) is 11.7. The van der Waals surface area contributed by atoms with Gasteiger partial charge in [-0.25, -0.2) is 4.79 Å². The SMILES string of the molecule is Cc1ccc(C)c(NC(=O)CSc2nnc(Cc3cc(=O)[nH]c(=O)[nH]3)n2-c2ccc(Cl)cc2)c1. The summed E-state index contributed by atoms with van der Waals surface area (Å²) in [6, 6.07) is 14.2. The van der Waals surface area contributed by atoms with E-state index in [-0.39, 0.29) is 18.1 Å². The minimum Gasteiger partial charge on any atom is -0.325 e. The van der Waals surface area contributed by atoms with Crippen LogP contribution in [0.2, 0.25) is 5.02 Å². The average molecular weight is 497 g/mol. The first kappa shape index (κ1) is 23.5. The predicted octanol–water partition coefficient (Wildman–Crippen LogP) is 3.24. The summed E-state index contributed by atoms with van der Waals surface area (Å²) in [5.41, 5.74) is 2.81. The van der Waals surface area contributed by atoms with Crippen LogP contribution in [0.15, 0.2) is 63.3 Å². The highest BCUT2D eigenvalue weighted by Gasteiger charge is 2.17. The number of aryl methyl sites for hydroxylation is 2. The molecule has 3 N–H and O–H groups in total. The predicted molar refractivity (Wildman–Crippen MR) is 132 cm³/mol. The van der Waals surface area contributed by atoms with E-state index in [0.717, 1.165) is 22.5 Å². The molecule has 1 amide bonds. The largest absolute Gasteiger partial charge is 0.325 e. The molecular weight excluding hydrogens is 476 g/mol. The van der Waals surface area contributed by atoms with Crippen molar-refractivity contribution < 1.29 is 4.79 Å². The number of H-pyrrole nitrogens is 2. The normalized spacial score (nSPS) is 10.9. The Morgan fingerprint density at radius 1 is 1.06 bits per heavy atom. The second kappa shape index (κ2) is 10.1. The fourth-order valence-electron chi connectivity index (χ4n) is 3.33. The molecule has 0 aliphatic rings. The smallest absolute Gasteiger partial charge is 0.325 e. The summed E-state index contributed by atoms with van der Waals surface area (Å²) < 4.78 is 1.77. The number of rotatable bonds is 7. The number of carbonyl (C=O) groups excluding carboxylic acids is 1. The summed E-state index contributed by atoms with van der Waals surface area (Å²) >= 11 is 7.27. The van der Waals surface area contributed by atoms with Crippen LogP contribution in [0.3, 0.4) is 0 Å². The van der Waals surface area contributed by atoms with Gasteiger partial charge >= 0.3 is 5.69 Å². The van der Waals surface area contributed by atoms with Gasteiger partial charge in [-0.2, -0.15) is 0 Å². The van der Waals surface area contributed by atoms with E-state index >= 15 is 0 Å². The summed E-state index contributed by atoms with van der Waals surface area (Å²) in [6.07, 6.45) is 0.157. The van der Waals surface area contributed by atoms with E-state index in [0.29, 0.717) is 21.7 Å². The maximum absolute atomic E-state index is 12.6. The van der Waals surface area contributed by atoms with Crippen molar-refractivity contribution in [2.45, 2.75) is 25.4 Å². The van der Waals surface area contributed by atoms with Crippen molar-refractivity contribution in [2.75, 3.05) is 11.1 Å². The number of thioether (sulfide) groups is 1. The highest BCUT2D eigenvalue weighted by molar-refractivity contribution is 7.99. The summed E-state index contributed by atoms with van der Waals surface area (Å²) in [7, 11) is 0. The van der Waals surface area contributed by atoms with Crippen molar-refractivity contribution in [3.63, 3.8) is 0 Å². The molecule has 0 saturated carbocycles. The minimum atomic E-state index is -0.599. The van der Waals surface area contributed by atoms with E-state index < -0.39 is 11.2 Å². The molecule has 0 aliphatic carbocycles. The highest BCUT2D eigenvalue weighted by Crippen LogP contribution is 2.25. The van der Waals surface area contributed by atoms with Gasteiger partial charge in [-0.15, -0.1) is 10.2 Å². The lowest BCUT2D eigenvalue weighted by molar-refractivity contribution is -0.113. The molecule has 2 heterocycles. The van der Waals surface area contributed by atoms with E-state index in [1.165, 1.54) is 17.8 Å². The van der Waals surface area contributed by atoms with Gasteiger partial charge < -0.3 is 10.3 Å². The molecule has 11 heteroatoms. The molecule has 0 unspecified atom stereocenters. The monoisotopic (exact) mass is 496 g/mol. The Balaban J connectivity index is 1.59. The van der Waals surface area contributed by atoms with Crippen LogP contribution in [0, 0.1) is 13.8 Å². The van der Waals surface area contributed by atoms with Gasteiger partial charge in [0.1, 0.15) is 5.82 Å². The van der Waals surface area contributed by atoms with E-state index in [1.807, 2.05) is 32.0 Å². The number of aromatic nitrogens is 5. The van der Waals surface area contributed by atoms with Crippen LogP contribution in [-0.2, 0) is 11.2 Å². The van der Waals surface area contributed by atoms with Gasteiger partial charge in [-0.05, 0) is 55.3 Å². The lowest BCUT2D eigenvalue weighted by atomic mass is 10.1. The van der Waals surface area contributed by atoms with Crippen LogP contribution in [-0.4, -0.2) is 36.4 Å². The van der Waals surface area contributed by atoms with Gasteiger partial charge in [-0.3, -0.25) is 19.1 Å². The summed E-state index contributed by atoms with van der Waals surface area (Å²) in [5, 5.41) is 12.5. The number of hydrogen-bond donors (Lipinski definition) is 3. The molecule has 0 radical (unpaired) electrons. The van der Waals surface area contributed by atoms with Crippen molar-refractivity contribution in [3.05, 3.63) is 97.0 Å².